The molecule has 158 valence electrons. The number of hydrogen-bond donors (Lipinski definition) is 3. The summed E-state index contributed by atoms with van der Waals surface area (Å²) in [6.07, 6.45) is 0. The molecule has 0 atom stereocenters. The second-order valence-corrected chi connectivity index (χ2v) is 8.13. The van der Waals surface area contributed by atoms with Gasteiger partial charge in [-0.15, -0.1) is 0 Å². The Balaban J connectivity index is 2.49. The first kappa shape index (κ1) is 21.6. The van der Waals surface area contributed by atoms with Crippen molar-refractivity contribution in [1.29, 1.82) is 0 Å². The molecule has 0 fully saturated rings. The van der Waals surface area contributed by atoms with E-state index in [1.165, 1.54) is 7.11 Å². The van der Waals surface area contributed by atoms with Crippen LogP contribution in [0, 0.1) is 41.5 Å². The second-order valence-electron chi connectivity index (χ2n) is 8.13. The van der Waals surface area contributed by atoms with Crippen LogP contribution in [0.25, 0.3) is 0 Å². The number of phenolic OH excluding ortho intramolecular Hbond substituents is 3. The molecular weight excluding hydrogens is 376 g/mol. The fraction of sp³-hybridized carbons (Fsp3) is 0.308. The van der Waals surface area contributed by atoms with Crippen molar-refractivity contribution in [3.63, 3.8) is 0 Å². The van der Waals surface area contributed by atoms with E-state index in [1.807, 2.05) is 65.8 Å². The van der Waals surface area contributed by atoms with E-state index >= 15 is 0 Å². The molecule has 0 saturated heterocycles. The zero-order valence-corrected chi connectivity index (χ0v) is 18.7. The number of methoxy groups -OCH3 is 1. The van der Waals surface area contributed by atoms with Gasteiger partial charge in [-0.2, -0.15) is 0 Å². The molecule has 0 amide bonds. The number of ether oxygens (including phenoxy) is 1. The highest BCUT2D eigenvalue weighted by atomic mass is 16.5. The van der Waals surface area contributed by atoms with Crippen molar-refractivity contribution < 1.29 is 20.1 Å². The molecule has 3 aromatic rings. The van der Waals surface area contributed by atoms with E-state index in [-0.39, 0.29) is 17.2 Å². The van der Waals surface area contributed by atoms with Gasteiger partial charge in [0, 0.05) is 22.6 Å². The number of aromatic hydroxyl groups is 3. The maximum atomic E-state index is 11.2. The van der Waals surface area contributed by atoms with Gasteiger partial charge in [0.25, 0.3) is 0 Å². The number of phenols is 3. The first-order valence-electron chi connectivity index (χ1n) is 10.0. The van der Waals surface area contributed by atoms with Gasteiger partial charge in [-0.1, -0.05) is 24.3 Å². The molecule has 3 N–H and O–H groups in total. The lowest BCUT2D eigenvalue weighted by atomic mass is 9.77. The summed E-state index contributed by atoms with van der Waals surface area (Å²) in [7, 11) is 1.51. The van der Waals surface area contributed by atoms with Crippen LogP contribution in [0.5, 0.6) is 23.0 Å². The standard InChI is InChI=1S/C26H30O4/c1-13-11-15(3)21(24(27)17(13)5)23(19-9-8-10-20(30-7)26(19)29)22-16(4)12-14(2)18(6)25(22)28/h8-12,23,27-29H,1-7H3. The Hall–Kier alpha value is -3.14. The quantitative estimate of drug-likeness (QED) is 0.476. The number of benzene rings is 3. The molecule has 30 heavy (non-hydrogen) atoms. The molecule has 0 heterocycles. The van der Waals surface area contributed by atoms with Gasteiger partial charge in [0.15, 0.2) is 11.5 Å². The van der Waals surface area contributed by atoms with E-state index in [9.17, 15) is 15.3 Å². The van der Waals surface area contributed by atoms with Crippen LogP contribution in [-0.2, 0) is 0 Å². The predicted octanol–water partition coefficient (Wildman–Crippen LogP) is 5.84. The summed E-state index contributed by atoms with van der Waals surface area (Å²) in [4.78, 5) is 0. The van der Waals surface area contributed by atoms with Crippen molar-refractivity contribution in [3.05, 3.63) is 80.4 Å². The lowest BCUT2D eigenvalue weighted by molar-refractivity contribution is 0.369. The van der Waals surface area contributed by atoms with Crippen molar-refractivity contribution in [2.75, 3.05) is 7.11 Å². The Morgan fingerprint density at radius 3 is 1.57 bits per heavy atom. The van der Waals surface area contributed by atoms with E-state index in [0.717, 1.165) is 33.4 Å². The molecule has 3 aromatic carbocycles. The van der Waals surface area contributed by atoms with Gasteiger partial charge in [0.05, 0.1) is 7.11 Å². The van der Waals surface area contributed by atoms with Crippen molar-refractivity contribution in [3.8, 4) is 23.0 Å². The summed E-state index contributed by atoms with van der Waals surface area (Å²) in [6.45, 7) is 11.6. The molecule has 0 spiro atoms. The van der Waals surface area contributed by atoms with Gasteiger partial charge in [0.1, 0.15) is 11.5 Å². The summed E-state index contributed by atoms with van der Waals surface area (Å²) >= 11 is 0. The Kier molecular flexibility index (Phi) is 5.71. The Morgan fingerprint density at radius 1 is 0.667 bits per heavy atom. The highest BCUT2D eigenvalue weighted by Gasteiger charge is 2.31. The average molecular weight is 407 g/mol. The molecule has 0 aromatic heterocycles. The van der Waals surface area contributed by atoms with E-state index in [0.29, 0.717) is 22.4 Å². The van der Waals surface area contributed by atoms with Gasteiger partial charge in [-0.05, 0) is 81.0 Å². The molecule has 0 unspecified atom stereocenters. The minimum absolute atomic E-state index is 0.000874. The lowest BCUT2D eigenvalue weighted by Crippen LogP contribution is -2.11. The topological polar surface area (TPSA) is 69.9 Å². The van der Waals surface area contributed by atoms with Crippen molar-refractivity contribution >= 4 is 0 Å². The van der Waals surface area contributed by atoms with Crippen LogP contribution in [0.3, 0.4) is 0 Å². The van der Waals surface area contributed by atoms with Crippen LogP contribution in [0.15, 0.2) is 30.3 Å². The van der Waals surface area contributed by atoms with Crippen LogP contribution < -0.4 is 4.74 Å². The number of para-hydroxylation sites is 1. The number of hydrogen-bond acceptors (Lipinski definition) is 4. The predicted molar refractivity (Wildman–Crippen MR) is 120 cm³/mol. The summed E-state index contributed by atoms with van der Waals surface area (Å²) in [5, 5.41) is 33.4. The minimum Gasteiger partial charge on any atom is -0.507 e. The molecule has 3 rings (SSSR count). The normalized spacial score (nSPS) is 11.2. The first-order chi connectivity index (χ1) is 14.1. The molecule has 0 radical (unpaired) electrons. The van der Waals surface area contributed by atoms with Crippen LogP contribution in [0.4, 0.5) is 0 Å². The third-order valence-electron chi connectivity index (χ3n) is 6.26. The highest BCUT2D eigenvalue weighted by Crippen LogP contribution is 2.49. The van der Waals surface area contributed by atoms with Crippen LogP contribution >= 0.6 is 0 Å². The molecule has 0 bridgehead atoms. The van der Waals surface area contributed by atoms with E-state index in [1.54, 1.807) is 6.07 Å². The second kappa shape index (κ2) is 7.94. The summed E-state index contributed by atoms with van der Waals surface area (Å²) in [6, 6.07) is 9.37. The number of aryl methyl sites for hydroxylation is 4. The van der Waals surface area contributed by atoms with Crippen LogP contribution in [0.2, 0.25) is 0 Å². The molecule has 0 saturated carbocycles. The maximum absolute atomic E-state index is 11.2. The smallest absolute Gasteiger partial charge is 0.161 e. The zero-order valence-electron chi connectivity index (χ0n) is 18.7. The van der Waals surface area contributed by atoms with Gasteiger partial charge in [-0.25, -0.2) is 0 Å². The summed E-state index contributed by atoms with van der Waals surface area (Å²) < 4.78 is 5.34. The zero-order chi connectivity index (χ0) is 22.3. The molecule has 0 aliphatic rings. The lowest BCUT2D eigenvalue weighted by Gasteiger charge is -2.27. The Morgan fingerprint density at radius 2 is 1.13 bits per heavy atom. The highest BCUT2D eigenvalue weighted by molar-refractivity contribution is 5.65. The fourth-order valence-electron chi connectivity index (χ4n) is 4.29. The monoisotopic (exact) mass is 406 g/mol. The first-order valence-corrected chi connectivity index (χ1v) is 10.0. The molecule has 0 aliphatic carbocycles. The van der Waals surface area contributed by atoms with Gasteiger partial charge < -0.3 is 20.1 Å². The third-order valence-corrected chi connectivity index (χ3v) is 6.26. The minimum atomic E-state index is -0.571. The van der Waals surface area contributed by atoms with Crippen molar-refractivity contribution in [2.24, 2.45) is 0 Å². The third kappa shape index (κ3) is 3.36. The number of rotatable bonds is 4. The van der Waals surface area contributed by atoms with E-state index < -0.39 is 5.92 Å². The van der Waals surface area contributed by atoms with Gasteiger partial charge in [-0.3, -0.25) is 0 Å². The fourth-order valence-corrected chi connectivity index (χ4v) is 4.29. The van der Waals surface area contributed by atoms with Crippen molar-refractivity contribution in [1.82, 2.24) is 0 Å². The maximum Gasteiger partial charge on any atom is 0.161 e. The SMILES string of the molecule is COc1cccc(C(c2c(C)cc(C)c(C)c2O)c2c(C)cc(C)c(C)c2O)c1O. The van der Waals surface area contributed by atoms with Crippen LogP contribution in [0.1, 0.15) is 56.0 Å². The molecule has 4 heteroatoms. The largest absolute Gasteiger partial charge is 0.507 e. The van der Waals surface area contributed by atoms with Gasteiger partial charge >= 0.3 is 0 Å². The Labute approximate surface area is 178 Å². The van der Waals surface area contributed by atoms with Gasteiger partial charge in [0.2, 0.25) is 0 Å². The molecule has 0 aliphatic heterocycles. The molecular formula is C26H30O4. The summed E-state index contributed by atoms with van der Waals surface area (Å²) in [5.74, 6) is 0.130. The Bertz CT molecular complexity index is 1070. The summed E-state index contributed by atoms with van der Waals surface area (Å²) in [5.41, 5.74) is 7.23. The molecule has 4 nitrogen and oxygen atoms in total. The van der Waals surface area contributed by atoms with Crippen molar-refractivity contribution in [2.45, 2.75) is 47.5 Å². The van der Waals surface area contributed by atoms with Crippen LogP contribution in [-0.4, -0.2) is 22.4 Å². The average Bonchev–Trinajstić information content (AvgIpc) is 2.69. The van der Waals surface area contributed by atoms with E-state index in [2.05, 4.69) is 0 Å². The van der Waals surface area contributed by atoms with E-state index in [4.69, 9.17) is 4.74 Å².